The van der Waals surface area contributed by atoms with E-state index in [-0.39, 0.29) is 12.6 Å². The lowest BCUT2D eigenvalue weighted by molar-refractivity contribution is -0.149. The standard InChI is InChI=1S/C24H24N2O6/c1-16-14-17(2)26-22(25-16)32-20(21(27)28)24(15-31-23(29)30-3,18-10-6-4-7-11-18)19-12-8-5-9-13-19/h4-14,20H,15H2,1-3H3,(H,27,28). The zero-order valence-electron chi connectivity index (χ0n) is 18.0. The highest BCUT2D eigenvalue weighted by molar-refractivity contribution is 5.77. The predicted molar refractivity (Wildman–Crippen MR) is 116 cm³/mol. The topological polar surface area (TPSA) is 108 Å². The third-order valence-electron chi connectivity index (χ3n) is 5.02. The van der Waals surface area contributed by atoms with E-state index >= 15 is 0 Å². The monoisotopic (exact) mass is 436 g/mol. The summed E-state index contributed by atoms with van der Waals surface area (Å²) in [6.45, 7) is 3.17. The first-order valence-corrected chi connectivity index (χ1v) is 9.90. The van der Waals surface area contributed by atoms with Crippen molar-refractivity contribution in [2.45, 2.75) is 25.4 Å². The summed E-state index contributed by atoms with van der Waals surface area (Å²) in [5.41, 5.74) is 0.988. The number of aryl methyl sites for hydroxylation is 2. The van der Waals surface area contributed by atoms with E-state index in [0.29, 0.717) is 22.5 Å². The van der Waals surface area contributed by atoms with Crippen LogP contribution < -0.4 is 4.74 Å². The van der Waals surface area contributed by atoms with Gasteiger partial charge in [0.1, 0.15) is 12.0 Å². The number of hydrogen-bond acceptors (Lipinski definition) is 7. The number of hydrogen-bond donors (Lipinski definition) is 1. The Kier molecular flexibility index (Phi) is 7.04. The van der Waals surface area contributed by atoms with Crippen molar-refractivity contribution in [2.75, 3.05) is 13.7 Å². The molecule has 0 fully saturated rings. The molecular weight excluding hydrogens is 412 g/mol. The van der Waals surface area contributed by atoms with E-state index in [4.69, 9.17) is 9.47 Å². The lowest BCUT2D eigenvalue weighted by Gasteiger charge is -2.38. The molecule has 32 heavy (non-hydrogen) atoms. The van der Waals surface area contributed by atoms with E-state index in [9.17, 15) is 14.7 Å². The summed E-state index contributed by atoms with van der Waals surface area (Å²) in [4.78, 5) is 33.0. The molecule has 2 aromatic carbocycles. The van der Waals surface area contributed by atoms with Gasteiger partial charge in [-0.1, -0.05) is 60.7 Å². The average molecular weight is 436 g/mol. The van der Waals surface area contributed by atoms with Crippen molar-refractivity contribution in [3.63, 3.8) is 0 Å². The van der Waals surface area contributed by atoms with Crippen molar-refractivity contribution in [1.29, 1.82) is 0 Å². The molecule has 1 unspecified atom stereocenters. The maximum Gasteiger partial charge on any atom is 0.508 e. The van der Waals surface area contributed by atoms with Crippen LogP contribution in [0.15, 0.2) is 66.7 Å². The molecule has 1 heterocycles. The van der Waals surface area contributed by atoms with Gasteiger partial charge >= 0.3 is 18.1 Å². The molecule has 1 aromatic heterocycles. The normalized spacial score (nSPS) is 12.0. The summed E-state index contributed by atoms with van der Waals surface area (Å²) < 4.78 is 15.9. The fourth-order valence-electron chi connectivity index (χ4n) is 3.63. The van der Waals surface area contributed by atoms with Gasteiger partial charge in [-0.3, -0.25) is 0 Å². The molecule has 0 bridgehead atoms. The van der Waals surface area contributed by atoms with E-state index in [1.54, 1.807) is 68.4 Å². The third kappa shape index (κ3) is 4.85. The van der Waals surface area contributed by atoms with E-state index in [1.807, 2.05) is 12.1 Å². The van der Waals surface area contributed by atoms with Crippen molar-refractivity contribution < 1.29 is 28.9 Å². The summed E-state index contributed by atoms with van der Waals surface area (Å²) in [5.74, 6) is -1.27. The number of aromatic nitrogens is 2. The van der Waals surface area contributed by atoms with E-state index < -0.39 is 23.6 Å². The minimum Gasteiger partial charge on any atom is -0.478 e. The van der Waals surface area contributed by atoms with Crippen LogP contribution in [0.4, 0.5) is 4.79 Å². The van der Waals surface area contributed by atoms with Gasteiger partial charge in [-0.05, 0) is 31.0 Å². The van der Waals surface area contributed by atoms with Crippen LogP contribution in [0.25, 0.3) is 0 Å². The van der Waals surface area contributed by atoms with Crippen LogP contribution in [-0.2, 0) is 19.7 Å². The minimum atomic E-state index is -1.53. The smallest absolute Gasteiger partial charge is 0.478 e. The van der Waals surface area contributed by atoms with Crippen LogP contribution in [0.3, 0.4) is 0 Å². The van der Waals surface area contributed by atoms with Gasteiger partial charge < -0.3 is 19.3 Å². The SMILES string of the molecule is COC(=O)OCC(c1ccccc1)(c1ccccc1)C(Oc1nc(C)cc(C)n1)C(=O)O. The lowest BCUT2D eigenvalue weighted by atomic mass is 9.70. The average Bonchev–Trinajstić information content (AvgIpc) is 2.79. The van der Waals surface area contributed by atoms with Gasteiger partial charge in [-0.25, -0.2) is 19.6 Å². The molecular formula is C24H24N2O6. The highest BCUT2D eigenvalue weighted by Crippen LogP contribution is 2.38. The maximum atomic E-state index is 12.6. The number of nitrogens with zero attached hydrogens (tertiary/aromatic N) is 2. The second-order valence-electron chi connectivity index (χ2n) is 7.22. The van der Waals surface area contributed by atoms with E-state index in [1.165, 1.54) is 7.11 Å². The number of carbonyl (C=O) groups is 2. The van der Waals surface area contributed by atoms with E-state index in [0.717, 1.165) is 0 Å². The van der Waals surface area contributed by atoms with Crippen molar-refractivity contribution >= 4 is 12.1 Å². The van der Waals surface area contributed by atoms with Gasteiger partial charge in [0.05, 0.1) is 7.11 Å². The van der Waals surface area contributed by atoms with Crippen LogP contribution in [0.2, 0.25) is 0 Å². The van der Waals surface area contributed by atoms with Crippen molar-refractivity contribution in [2.24, 2.45) is 0 Å². The number of ether oxygens (including phenoxy) is 3. The second-order valence-corrected chi connectivity index (χ2v) is 7.22. The molecule has 0 amide bonds. The fourth-order valence-corrected chi connectivity index (χ4v) is 3.63. The molecule has 1 atom stereocenters. The fraction of sp³-hybridized carbons (Fsp3) is 0.250. The Bertz CT molecular complexity index is 1010. The van der Waals surface area contributed by atoms with Gasteiger partial charge in [0, 0.05) is 11.4 Å². The van der Waals surface area contributed by atoms with Crippen molar-refractivity contribution in [3.8, 4) is 6.01 Å². The van der Waals surface area contributed by atoms with Gasteiger partial charge in [0.15, 0.2) is 0 Å². The first-order chi connectivity index (χ1) is 15.4. The quantitative estimate of drug-likeness (QED) is 0.533. The van der Waals surface area contributed by atoms with Gasteiger partial charge in [-0.2, -0.15) is 0 Å². The van der Waals surface area contributed by atoms with Gasteiger partial charge in [0.2, 0.25) is 6.10 Å². The highest BCUT2D eigenvalue weighted by Gasteiger charge is 2.50. The number of methoxy groups -OCH3 is 1. The highest BCUT2D eigenvalue weighted by atomic mass is 16.7. The molecule has 8 heteroatoms. The third-order valence-corrected chi connectivity index (χ3v) is 5.02. The first kappa shape index (κ1) is 22.7. The summed E-state index contributed by atoms with van der Waals surface area (Å²) >= 11 is 0. The minimum absolute atomic E-state index is 0.0794. The zero-order valence-corrected chi connectivity index (χ0v) is 18.0. The number of benzene rings is 2. The summed E-state index contributed by atoms with van der Waals surface area (Å²) in [7, 11) is 1.18. The molecule has 0 aliphatic rings. The second kappa shape index (κ2) is 9.91. The molecule has 0 spiro atoms. The van der Waals surface area contributed by atoms with Crippen molar-refractivity contribution in [1.82, 2.24) is 9.97 Å². The lowest BCUT2D eigenvalue weighted by Crippen LogP contribution is -2.52. The molecule has 0 saturated heterocycles. The largest absolute Gasteiger partial charge is 0.508 e. The van der Waals surface area contributed by atoms with Crippen LogP contribution in [0, 0.1) is 13.8 Å². The Labute approximate surface area is 185 Å². The number of carbonyl (C=O) groups excluding carboxylic acids is 1. The van der Waals surface area contributed by atoms with Crippen LogP contribution >= 0.6 is 0 Å². The molecule has 8 nitrogen and oxygen atoms in total. The van der Waals surface area contributed by atoms with Gasteiger partial charge in [0.25, 0.3) is 0 Å². The number of aliphatic carboxylic acids is 1. The predicted octanol–water partition coefficient (Wildman–Crippen LogP) is 3.69. The molecule has 3 aromatic rings. The molecule has 0 aliphatic carbocycles. The zero-order chi connectivity index (χ0) is 23.1. The van der Waals surface area contributed by atoms with Crippen LogP contribution in [0.5, 0.6) is 6.01 Å². The molecule has 1 N–H and O–H groups in total. The van der Waals surface area contributed by atoms with E-state index in [2.05, 4.69) is 14.7 Å². The number of rotatable bonds is 8. The molecule has 0 aliphatic heterocycles. The first-order valence-electron chi connectivity index (χ1n) is 9.90. The molecule has 0 saturated carbocycles. The number of carboxylic acid groups (broad SMARTS) is 1. The summed E-state index contributed by atoms with van der Waals surface area (Å²) in [5, 5.41) is 10.3. The Morgan fingerprint density at radius 3 is 1.88 bits per heavy atom. The Morgan fingerprint density at radius 1 is 0.938 bits per heavy atom. The summed E-state index contributed by atoms with van der Waals surface area (Å²) in [6, 6.07) is 19.4. The Balaban J connectivity index is 2.23. The van der Waals surface area contributed by atoms with Crippen LogP contribution in [-0.4, -0.2) is 47.0 Å². The Morgan fingerprint density at radius 2 is 1.44 bits per heavy atom. The molecule has 0 radical (unpaired) electrons. The van der Waals surface area contributed by atoms with Crippen molar-refractivity contribution in [3.05, 3.63) is 89.2 Å². The molecule has 3 rings (SSSR count). The number of carboxylic acids is 1. The molecule has 166 valence electrons. The maximum absolute atomic E-state index is 12.6. The van der Waals surface area contributed by atoms with Crippen LogP contribution in [0.1, 0.15) is 22.5 Å². The summed E-state index contributed by atoms with van der Waals surface area (Å²) in [6.07, 6.45) is -2.47. The Hall–Kier alpha value is -3.94. The van der Waals surface area contributed by atoms with Gasteiger partial charge in [-0.15, -0.1) is 0 Å².